The first-order valence-corrected chi connectivity index (χ1v) is 6.40. The summed E-state index contributed by atoms with van der Waals surface area (Å²) in [5.74, 6) is 0.985. The summed E-state index contributed by atoms with van der Waals surface area (Å²) in [6, 6.07) is 5.69. The van der Waals surface area contributed by atoms with Crippen LogP contribution in [0.15, 0.2) is 24.3 Å². The fraction of sp³-hybridized carbons (Fsp3) is 0.357. The standard InChI is InChI=1S/C14H14F3N3/c1-8-19-12(13(18)20(8)9-6-7-9)10-4-2-3-5-11(10)14(15,16)17/h2-5,9H,6-7,18H2,1H3. The van der Waals surface area contributed by atoms with Crippen LogP contribution in [-0.2, 0) is 6.18 Å². The van der Waals surface area contributed by atoms with E-state index < -0.39 is 11.7 Å². The van der Waals surface area contributed by atoms with Gasteiger partial charge in [-0.25, -0.2) is 4.98 Å². The molecule has 3 nitrogen and oxygen atoms in total. The molecule has 0 saturated heterocycles. The Hall–Kier alpha value is -1.98. The Morgan fingerprint density at radius 3 is 2.50 bits per heavy atom. The summed E-state index contributed by atoms with van der Waals surface area (Å²) in [6.07, 6.45) is -2.41. The third kappa shape index (κ3) is 2.05. The van der Waals surface area contributed by atoms with Crippen LogP contribution in [0.5, 0.6) is 0 Å². The fourth-order valence-corrected chi connectivity index (χ4v) is 2.49. The van der Waals surface area contributed by atoms with E-state index in [1.165, 1.54) is 12.1 Å². The van der Waals surface area contributed by atoms with Crippen molar-refractivity contribution in [3.8, 4) is 11.3 Å². The zero-order valence-corrected chi connectivity index (χ0v) is 10.9. The number of benzene rings is 1. The van der Waals surface area contributed by atoms with Crippen molar-refractivity contribution in [3.63, 3.8) is 0 Å². The second-order valence-corrected chi connectivity index (χ2v) is 5.04. The first-order valence-electron chi connectivity index (χ1n) is 6.40. The number of hydrogen-bond donors (Lipinski definition) is 1. The predicted molar refractivity (Wildman–Crippen MR) is 70.1 cm³/mol. The molecule has 1 aromatic heterocycles. The minimum absolute atomic E-state index is 0.0417. The smallest absolute Gasteiger partial charge is 0.383 e. The monoisotopic (exact) mass is 281 g/mol. The third-order valence-electron chi connectivity index (χ3n) is 3.52. The number of nitrogen functional groups attached to an aromatic ring is 1. The van der Waals surface area contributed by atoms with Crippen molar-refractivity contribution in [1.82, 2.24) is 9.55 Å². The van der Waals surface area contributed by atoms with Gasteiger partial charge < -0.3 is 10.3 Å². The van der Waals surface area contributed by atoms with Crippen LogP contribution in [0, 0.1) is 6.92 Å². The summed E-state index contributed by atoms with van der Waals surface area (Å²) >= 11 is 0. The number of aryl methyl sites for hydroxylation is 1. The van der Waals surface area contributed by atoms with Gasteiger partial charge in [0.05, 0.1) is 5.56 Å². The van der Waals surface area contributed by atoms with Crippen LogP contribution in [0.4, 0.5) is 19.0 Å². The van der Waals surface area contributed by atoms with Gasteiger partial charge in [0.1, 0.15) is 17.3 Å². The van der Waals surface area contributed by atoms with Gasteiger partial charge in [0.25, 0.3) is 0 Å². The van der Waals surface area contributed by atoms with Gasteiger partial charge in [-0.2, -0.15) is 13.2 Å². The Kier molecular flexibility index (Phi) is 2.77. The quantitative estimate of drug-likeness (QED) is 0.910. The zero-order valence-electron chi connectivity index (χ0n) is 10.9. The molecule has 0 aliphatic heterocycles. The van der Waals surface area contributed by atoms with Crippen molar-refractivity contribution < 1.29 is 13.2 Å². The Bertz CT molecular complexity index is 654. The number of nitrogens with two attached hydrogens (primary N) is 1. The lowest BCUT2D eigenvalue weighted by Gasteiger charge is -2.12. The topological polar surface area (TPSA) is 43.8 Å². The molecule has 20 heavy (non-hydrogen) atoms. The van der Waals surface area contributed by atoms with E-state index in [4.69, 9.17) is 5.73 Å². The molecule has 3 rings (SSSR count). The number of anilines is 1. The number of nitrogens with zero attached hydrogens (tertiary/aromatic N) is 2. The van der Waals surface area contributed by atoms with E-state index in [1.54, 1.807) is 13.0 Å². The normalized spacial score (nSPS) is 15.6. The second-order valence-electron chi connectivity index (χ2n) is 5.04. The first-order chi connectivity index (χ1) is 9.39. The van der Waals surface area contributed by atoms with Crippen LogP contribution in [-0.4, -0.2) is 9.55 Å². The van der Waals surface area contributed by atoms with E-state index in [0.717, 1.165) is 18.9 Å². The van der Waals surface area contributed by atoms with Crippen molar-refractivity contribution in [3.05, 3.63) is 35.7 Å². The molecule has 1 aliphatic rings. The van der Waals surface area contributed by atoms with Gasteiger partial charge in [0.2, 0.25) is 0 Å². The zero-order chi connectivity index (χ0) is 14.5. The number of alkyl halides is 3. The van der Waals surface area contributed by atoms with Gasteiger partial charge in [0.15, 0.2) is 0 Å². The number of halogens is 3. The highest BCUT2D eigenvalue weighted by molar-refractivity contribution is 5.74. The summed E-state index contributed by atoms with van der Waals surface area (Å²) in [6.45, 7) is 1.77. The number of imidazole rings is 1. The van der Waals surface area contributed by atoms with Crippen LogP contribution < -0.4 is 5.73 Å². The largest absolute Gasteiger partial charge is 0.417 e. The average Bonchev–Trinajstić information content (AvgIpc) is 3.15. The molecule has 0 amide bonds. The number of aromatic nitrogens is 2. The summed E-state index contributed by atoms with van der Waals surface area (Å²) < 4.78 is 41.0. The van der Waals surface area contributed by atoms with E-state index >= 15 is 0 Å². The number of rotatable bonds is 2. The summed E-state index contributed by atoms with van der Waals surface area (Å²) in [7, 11) is 0. The van der Waals surface area contributed by atoms with E-state index in [0.29, 0.717) is 11.6 Å². The van der Waals surface area contributed by atoms with Crippen LogP contribution >= 0.6 is 0 Å². The Balaban J connectivity index is 2.17. The Morgan fingerprint density at radius 1 is 1.25 bits per heavy atom. The van der Waals surface area contributed by atoms with Gasteiger partial charge >= 0.3 is 6.18 Å². The SMILES string of the molecule is Cc1nc(-c2ccccc2C(F)(F)F)c(N)n1C1CC1. The van der Waals surface area contributed by atoms with Gasteiger partial charge in [0, 0.05) is 11.6 Å². The molecule has 1 heterocycles. The first kappa shape index (κ1) is 13.0. The summed E-state index contributed by atoms with van der Waals surface area (Å²) in [5.41, 5.74) is 5.59. The predicted octanol–water partition coefficient (Wildman–Crippen LogP) is 3.79. The summed E-state index contributed by atoms with van der Waals surface area (Å²) in [5, 5.41) is 0. The highest BCUT2D eigenvalue weighted by atomic mass is 19.4. The third-order valence-corrected chi connectivity index (χ3v) is 3.52. The maximum Gasteiger partial charge on any atom is 0.417 e. The maximum atomic E-state index is 13.1. The molecular weight excluding hydrogens is 267 g/mol. The van der Waals surface area contributed by atoms with Gasteiger partial charge in [-0.1, -0.05) is 18.2 Å². The molecule has 0 bridgehead atoms. The van der Waals surface area contributed by atoms with Gasteiger partial charge in [-0.15, -0.1) is 0 Å². The highest BCUT2D eigenvalue weighted by Gasteiger charge is 2.35. The van der Waals surface area contributed by atoms with E-state index in [2.05, 4.69) is 4.98 Å². The van der Waals surface area contributed by atoms with Crippen molar-refractivity contribution in [2.24, 2.45) is 0 Å². The second kappa shape index (κ2) is 4.26. The molecule has 106 valence electrons. The molecule has 6 heteroatoms. The molecule has 0 atom stereocenters. The maximum absolute atomic E-state index is 13.1. The Morgan fingerprint density at radius 2 is 1.90 bits per heavy atom. The van der Waals surface area contributed by atoms with E-state index in [1.807, 2.05) is 4.57 Å². The molecule has 1 saturated carbocycles. The molecule has 1 aromatic carbocycles. The summed E-state index contributed by atoms with van der Waals surface area (Å²) in [4.78, 5) is 4.25. The van der Waals surface area contributed by atoms with E-state index in [9.17, 15) is 13.2 Å². The molecule has 0 unspecified atom stereocenters. The lowest BCUT2D eigenvalue weighted by Crippen LogP contribution is -2.08. The van der Waals surface area contributed by atoms with Crippen LogP contribution in [0.1, 0.15) is 30.3 Å². The van der Waals surface area contributed by atoms with Gasteiger partial charge in [-0.05, 0) is 25.8 Å². The van der Waals surface area contributed by atoms with Crippen LogP contribution in [0.25, 0.3) is 11.3 Å². The van der Waals surface area contributed by atoms with Crippen molar-refractivity contribution in [2.75, 3.05) is 5.73 Å². The minimum Gasteiger partial charge on any atom is -0.383 e. The van der Waals surface area contributed by atoms with Crippen molar-refractivity contribution in [1.29, 1.82) is 0 Å². The number of hydrogen-bond acceptors (Lipinski definition) is 2. The van der Waals surface area contributed by atoms with Crippen LogP contribution in [0.2, 0.25) is 0 Å². The van der Waals surface area contributed by atoms with Crippen LogP contribution in [0.3, 0.4) is 0 Å². The van der Waals surface area contributed by atoms with E-state index in [-0.39, 0.29) is 17.3 Å². The van der Waals surface area contributed by atoms with Gasteiger partial charge in [-0.3, -0.25) is 0 Å². The van der Waals surface area contributed by atoms with Crippen molar-refractivity contribution >= 4 is 5.82 Å². The molecule has 0 radical (unpaired) electrons. The molecule has 2 aromatic rings. The van der Waals surface area contributed by atoms with Crippen molar-refractivity contribution in [2.45, 2.75) is 32.0 Å². The fourth-order valence-electron chi connectivity index (χ4n) is 2.49. The molecule has 2 N–H and O–H groups in total. The molecule has 1 fully saturated rings. The lowest BCUT2D eigenvalue weighted by atomic mass is 10.0. The lowest BCUT2D eigenvalue weighted by molar-refractivity contribution is -0.137. The molecular formula is C14H14F3N3. The highest BCUT2D eigenvalue weighted by Crippen LogP contribution is 2.43. The molecule has 0 spiro atoms. The average molecular weight is 281 g/mol. The molecule has 1 aliphatic carbocycles. The minimum atomic E-state index is -4.42. The Labute approximate surface area is 114 Å².